The number of carbonyl (C=O) groups excluding carboxylic acids is 1. The average molecular weight is 612 g/mol. The van der Waals surface area contributed by atoms with Crippen molar-refractivity contribution in [2.45, 2.75) is 18.9 Å². The van der Waals surface area contributed by atoms with Gasteiger partial charge in [-0.3, -0.25) is 4.79 Å². The van der Waals surface area contributed by atoms with E-state index in [0.717, 1.165) is 50.7 Å². The summed E-state index contributed by atoms with van der Waals surface area (Å²) in [6.45, 7) is 8.30. The SMILES string of the molecule is C=CC(=O)N1CCC(Nc2cc3c(Nc4ccc(Oc5ccnc(N6CC7(COC7)C6)c5)cc4F)ncnc3cc2OC)CC1. The summed E-state index contributed by atoms with van der Waals surface area (Å²) >= 11 is 0. The van der Waals surface area contributed by atoms with Crippen LogP contribution in [-0.2, 0) is 9.53 Å². The average Bonchev–Trinajstić information content (AvgIpc) is 3.01. The molecule has 0 atom stereocenters. The fourth-order valence-corrected chi connectivity index (χ4v) is 6.12. The smallest absolute Gasteiger partial charge is 0.245 e. The molecule has 0 radical (unpaired) electrons. The molecule has 2 aromatic carbocycles. The molecular formula is C33H34FN7O4. The number of hydrogen-bond acceptors (Lipinski definition) is 10. The number of ether oxygens (including phenoxy) is 3. The Morgan fingerprint density at radius 2 is 1.87 bits per heavy atom. The molecule has 2 N–H and O–H groups in total. The molecule has 3 fully saturated rings. The van der Waals surface area contributed by atoms with Crippen LogP contribution in [0.4, 0.5) is 27.4 Å². The molecule has 3 aliphatic heterocycles. The number of hydrogen-bond donors (Lipinski definition) is 2. The molecule has 3 aliphatic rings. The van der Waals surface area contributed by atoms with E-state index in [1.807, 2.05) is 18.2 Å². The Hall–Kier alpha value is -4.97. The number of nitrogens with one attached hydrogen (secondary N) is 2. The second-order valence-corrected chi connectivity index (χ2v) is 11.8. The first-order valence-corrected chi connectivity index (χ1v) is 15.0. The van der Waals surface area contributed by atoms with Gasteiger partial charge in [0.1, 0.15) is 41.0 Å². The van der Waals surface area contributed by atoms with E-state index in [-0.39, 0.29) is 23.1 Å². The standard InChI is InChI=1S/C33H34FN7O4/c1-3-31(42)40-10-7-21(8-11-40)38-28-14-24-27(15-29(28)43-2)36-20-37-32(24)39-26-5-4-22(12-25(26)34)45-23-6-9-35-30(13-23)41-16-33(17-41)18-44-19-33/h3-6,9,12-15,20-21,38H,1,7-8,10-11,16-19H2,2H3,(H,36,37,39). The molecule has 0 aliphatic carbocycles. The van der Waals surface area contributed by atoms with E-state index in [1.165, 1.54) is 18.5 Å². The number of methoxy groups -OCH3 is 1. The third-order valence-corrected chi connectivity index (χ3v) is 8.64. The molecule has 232 valence electrons. The molecule has 0 unspecified atom stereocenters. The van der Waals surface area contributed by atoms with Crippen molar-refractivity contribution in [3.8, 4) is 17.2 Å². The van der Waals surface area contributed by atoms with E-state index in [0.29, 0.717) is 47.1 Å². The molecule has 0 saturated carbocycles. The molecule has 45 heavy (non-hydrogen) atoms. The first-order chi connectivity index (χ1) is 21.9. The van der Waals surface area contributed by atoms with Crippen molar-refractivity contribution in [3.05, 3.63) is 73.5 Å². The summed E-state index contributed by atoms with van der Waals surface area (Å²) in [4.78, 5) is 29.3. The third kappa shape index (κ3) is 5.80. The molecular weight excluding hydrogens is 577 g/mol. The molecule has 2 aromatic heterocycles. The number of benzene rings is 2. The Morgan fingerprint density at radius 3 is 2.58 bits per heavy atom. The number of fused-ring (bicyclic) bond motifs is 1. The van der Waals surface area contributed by atoms with Gasteiger partial charge in [0.2, 0.25) is 5.91 Å². The molecule has 1 spiro atoms. The summed E-state index contributed by atoms with van der Waals surface area (Å²) in [6, 6.07) is 12.2. The van der Waals surface area contributed by atoms with Gasteiger partial charge < -0.3 is 34.6 Å². The van der Waals surface area contributed by atoms with Crippen molar-refractivity contribution in [2.24, 2.45) is 5.41 Å². The maximum Gasteiger partial charge on any atom is 0.245 e. The van der Waals surface area contributed by atoms with Crippen LogP contribution in [0.15, 0.2) is 67.6 Å². The number of likely N-dealkylation sites (tertiary alicyclic amines) is 1. The van der Waals surface area contributed by atoms with Gasteiger partial charge in [-0.05, 0) is 43.2 Å². The summed E-state index contributed by atoms with van der Waals surface area (Å²) in [5, 5.41) is 7.38. The normalized spacial score (nSPS) is 17.4. The highest BCUT2D eigenvalue weighted by Crippen LogP contribution is 2.40. The number of piperidine rings is 1. The van der Waals surface area contributed by atoms with Crippen LogP contribution in [0, 0.1) is 11.2 Å². The summed E-state index contributed by atoms with van der Waals surface area (Å²) < 4.78 is 32.4. The molecule has 11 nitrogen and oxygen atoms in total. The van der Waals surface area contributed by atoms with Crippen molar-refractivity contribution in [1.29, 1.82) is 0 Å². The van der Waals surface area contributed by atoms with Crippen LogP contribution < -0.4 is 25.0 Å². The van der Waals surface area contributed by atoms with Gasteiger partial charge in [0, 0.05) is 62.0 Å². The molecule has 4 aromatic rings. The molecule has 12 heteroatoms. The lowest BCUT2D eigenvalue weighted by Gasteiger charge is -2.55. The first-order valence-electron chi connectivity index (χ1n) is 15.0. The number of anilines is 4. The van der Waals surface area contributed by atoms with Gasteiger partial charge >= 0.3 is 0 Å². The number of amides is 1. The van der Waals surface area contributed by atoms with Crippen molar-refractivity contribution in [2.75, 3.05) is 62.0 Å². The minimum absolute atomic E-state index is 0.0529. The van der Waals surface area contributed by atoms with Crippen molar-refractivity contribution in [1.82, 2.24) is 19.9 Å². The van der Waals surface area contributed by atoms with Crippen molar-refractivity contribution >= 4 is 39.8 Å². The zero-order valence-corrected chi connectivity index (χ0v) is 25.0. The second kappa shape index (κ2) is 11.8. The molecule has 3 saturated heterocycles. The van der Waals surface area contributed by atoms with Crippen LogP contribution in [0.2, 0.25) is 0 Å². The van der Waals surface area contributed by atoms with E-state index in [4.69, 9.17) is 14.2 Å². The Kier molecular flexibility index (Phi) is 7.58. The summed E-state index contributed by atoms with van der Waals surface area (Å²) in [5.74, 6) is 2.32. The Morgan fingerprint density at radius 1 is 1.07 bits per heavy atom. The number of carbonyl (C=O) groups is 1. The van der Waals surface area contributed by atoms with E-state index < -0.39 is 5.82 Å². The van der Waals surface area contributed by atoms with Crippen LogP contribution in [0.3, 0.4) is 0 Å². The summed E-state index contributed by atoms with van der Waals surface area (Å²) in [6.07, 6.45) is 6.04. The Labute approximate surface area is 260 Å². The Bertz CT molecular complexity index is 1750. The van der Waals surface area contributed by atoms with Crippen LogP contribution in [0.25, 0.3) is 10.9 Å². The predicted molar refractivity (Wildman–Crippen MR) is 169 cm³/mol. The van der Waals surface area contributed by atoms with Gasteiger partial charge in [-0.1, -0.05) is 6.58 Å². The van der Waals surface area contributed by atoms with E-state index in [9.17, 15) is 4.79 Å². The topological polar surface area (TPSA) is 114 Å². The zero-order valence-electron chi connectivity index (χ0n) is 25.0. The maximum absolute atomic E-state index is 15.4. The lowest BCUT2D eigenvalue weighted by Crippen LogP contribution is -2.66. The summed E-state index contributed by atoms with van der Waals surface area (Å²) in [7, 11) is 1.61. The first kappa shape index (κ1) is 28.8. The van der Waals surface area contributed by atoms with E-state index in [2.05, 4.69) is 37.1 Å². The van der Waals surface area contributed by atoms with E-state index in [1.54, 1.807) is 36.4 Å². The van der Waals surface area contributed by atoms with Crippen LogP contribution in [0.1, 0.15) is 12.8 Å². The quantitative estimate of drug-likeness (QED) is 0.247. The van der Waals surface area contributed by atoms with Gasteiger partial charge in [0.25, 0.3) is 0 Å². The van der Waals surface area contributed by atoms with Gasteiger partial charge in [-0.2, -0.15) is 0 Å². The third-order valence-electron chi connectivity index (χ3n) is 8.64. The van der Waals surface area contributed by atoms with Crippen LogP contribution in [0.5, 0.6) is 17.2 Å². The Balaban J connectivity index is 1.06. The zero-order chi connectivity index (χ0) is 31.0. The van der Waals surface area contributed by atoms with Crippen LogP contribution >= 0.6 is 0 Å². The highest BCUT2D eigenvalue weighted by molar-refractivity contribution is 5.95. The van der Waals surface area contributed by atoms with Crippen LogP contribution in [-0.4, -0.2) is 78.3 Å². The lowest BCUT2D eigenvalue weighted by molar-refractivity contribution is -0.127. The van der Waals surface area contributed by atoms with E-state index >= 15 is 4.39 Å². The van der Waals surface area contributed by atoms with Gasteiger partial charge in [0.05, 0.1) is 42.6 Å². The highest BCUT2D eigenvalue weighted by atomic mass is 19.1. The lowest BCUT2D eigenvalue weighted by atomic mass is 9.78. The number of halogens is 1. The summed E-state index contributed by atoms with van der Waals surface area (Å²) in [5.41, 5.74) is 1.94. The second-order valence-electron chi connectivity index (χ2n) is 11.8. The molecule has 5 heterocycles. The molecule has 7 rings (SSSR count). The fraction of sp³-hybridized carbons (Fsp3) is 0.333. The van der Waals surface area contributed by atoms with Gasteiger partial charge in [-0.15, -0.1) is 0 Å². The number of nitrogens with zero attached hydrogens (tertiary/aromatic N) is 5. The number of aromatic nitrogens is 3. The minimum atomic E-state index is -0.490. The number of pyridine rings is 1. The molecule has 0 bridgehead atoms. The van der Waals surface area contributed by atoms with Crippen molar-refractivity contribution in [3.63, 3.8) is 0 Å². The highest BCUT2D eigenvalue weighted by Gasteiger charge is 2.49. The molecule has 1 amide bonds. The monoisotopic (exact) mass is 611 g/mol. The largest absolute Gasteiger partial charge is 0.495 e. The van der Waals surface area contributed by atoms with Crippen molar-refractivity contribution < 1.29 is 23.4 Å². The number of rotatable bonds is 9. The predicted octanol–water partition coefficient (Wildman–Crippen LogP) is 5.13. The van der Waals surface area contributed by atoms with Gasteiger partial charge in [-0.25, -0.2) is 19.3 Å². The fourth-order valence-electron chi connectivity index (χ4n) is 6.12. The minimum Gasteiger partial charge on any atom is -0.495 e. The maximum atomic E-state index is 15.4. The van der Waals surface area contributed by atoms with Gasteiger partial charge in [0.15, 0.2) is 0 Å².